The first kappa shape index (κ1) is 20.7. The summed E-state index contributed by atoms with van der Waals surface area (Å²) < 4.78 is 40.4. The van der Waals surface area contributed by atoms with Gasteiger partial charge in [-0.15, -0.1) is 0 Å². The lowest BCUT2D eigenvalue weighted by atomic mass is 9.85. The number of imide groups is 1. The Kier molecular flexibility index (Phi) is 5.46. The molecule has 30 heavy (non-hydrogen) atoms. The highest BCUT2D eigenvalue weighted by molar-refractivity contribution is 7.89. The smallest absolute Gasteiger partial charge is 0.246 e. The molecule has 0 N–H and O–H groups in total. The molecule has 4 rings (SSSR count). The van der Waals surface area contributed by atoms with E-state index in [1.54, 1.807) is 0 Å². The maximum atomic E-state index is 13.9. The van der Waals surface area contributed by atoms with Gasteiger partial charge in [-0.1, -0.05) is 24.3 Å². The molecule has 0 spiro atoms. The van der Waals surface area contributed by atoms with Crippen molar-refractivity contribution in [1.82, 2.24) is 14.1 Å². The molecule has 0 saturated carbocycles. The Labute approximate surface area is 174 Å². The average molecular weight is 435 g/mol. The Bertz CT molecular complexity index is 991. The molecular formula is C20H22FN3O5S. The maximum Gasteiger partial charge on any atom is 0.246 e. The van der Waals surface area contributed by atoms with E-state index in [0.29, 0.717) is 12.8 Å². The normalized spacial score (nSPS) is 25.0. The monoisotopic (exact) mass is 435 g/mol. The second-order valence-corrected chi connectivity index (χ2v) is 9.54. The van der Waals surface area contributed by atoms with Crippen molar-refractivity contribution in [3.8, 4) is 0 Å². The Morgan fingerprint density at radius 2 is 1.53 bits per heavy atom. The molecule has 2 unspecified atom stereocenters. The third-order valence-electron chi connectivity index (χ3n) is 5.94. The van der Waals surface area contributed by atoms with Gasteiger partial charge >= 0.3 is 0 Å². The van der Waals surface area contributed by atoms with Crippen LogP contribution in [0.4, 0.5) is 4.39 Å². The molecule has 2 heterocycles. The first-order chi connectivity index (χ1) is 14.3. The average Bonchev–Trinajstić information content (AvgIpc) is 2.99. The number of amides is 3. The van der Waals surface area contributed by atoms with Crippen LogP contribution in [-0.4, -0.2) is 73.0 Å². The molecule has 2 aliphatic heterocycles. The lowest BCUT2D eigenvalue weighted by molar-refractivity contribution is -0.147. The fourth-order valence-corrected chi connectivity index (χ4v) is 5.72. The number of allylic oxidation sites excluding steroid dienone is 2. The van der Waals surface area contributed by atoms with E-state index in [4.69, 9.17) is 0 Å². The van der Waals surface area contributed by atoms with Crippen molar-refractivity contribution in [1.29, 1.82) is 0 Å². The molecule has 3 aliphatic rings. The van der Waals surface area contributed by atoms with E-state index in [9.17, 15) is 27.2 Å². The van der Waals surface area contributed by atoms with E-state index < -0.39 is 38.5 Å². The third kappa shape index (κ3) is 3.54. The van der Waals surface area contributed by atoms with Gasteiger partial charge in [0.25, 0.3) is 0 Å². The summed E-state index contributed by atoms with van der Waals surface area (Å²) in [5, 5.41) is 0. The highest BCUT2D eigenvalue weighted by Crippen LogP contribution is 2.35. The zero-order valence-electron chi connectivity index (χ0n) is 16.2. The molecule has 3 amide bonds. The molecule has 0 bridgehead atoms. The van der Waals surface area contributed by atoms with E-state index in [0.717, 1.165) is 15.3 Å². The molecule has 2 atom stereocenters. The first-order valence-electron chi connectivity index (χ1n) is 9.83. The van der Waals surface area contributed by atoms with Gasteiger partial charge in [-0.05, 0) is 25.0 Å². The number of halogens is 1. The number of fused-ring (bicyclic) bond motifs is 1. The molecule has 10 heteroatoms. The summed E-state index contributed by atoms with van der Waals surface area (Å²) in [6.07, 6.45) is 4.78. The third-order valence-corrected chi connectivity index (χ3v) is 7.87. The predicted molar refractivity (Wildman–Crippen MR) is 104 cm³/mol. The fraction of sp³-hybridized carbons (Fsp3) is 0.450. The van der Waals surface area contributed by atoms with Gasteiger partial charge in [0.05, 0.1) is 11.8 Å². The number of rotatable bonds is 4. The van der Waals surface area contributed by atoms with E-state index in [1.807, 2.05) is 12.2 Å². The number of hydrogen-bond acceptors (Lipinski definition) is 5. The van der Waals surface area contributed by atoms with Crippen LogP contribution in [0, 0.1) is 17.7 Å². The minimum absolute atomic E-state index is 0.0134. The van der Waals surface area contributed by atoms with Gasteiger partial charge in [-0.25, -0.2) is 12.8 Å². The number of sulfonamides is 1. The Balaban J connectivity index is 1.38. The van der Waals surface area contributed by atoms with Gasteiger partial charge in [0.15, 0.2) is 0 Å². The van der Waals surface area contributed by atoms with E-state index in [-0.39, 0.29) is 44.5 Å². The van der Waals surface area contributed by atoms with Crippen LogP contribution in [0.5, 0.6) is 0 Å². The van der Waals surface area contributed by atoms with Crippen LogP contribution < -0.4 is 0 Å². The van der Waals surface area contributed by atoms with Crippen LogP contribution in [0.25, 0.3) is 0 Å². The van der Waals surface area contributed by atoms with Crippen LogP contribution in [0.15, 0.2) is 41.3 Å². The molecule has 2 saturated heterocycles. The van der Waals surface area contributed by atoms with Crippen molar-refractivity contribution >= 4 is 27.7 Å². The Morgan fingerprint density at radius 1 is 0.967 bits per heavy atom. The number of carbonyl (C=O) groups excluding carboxylic acids is 3. The molecule has 1 aromatic carbocycles. The second kappa shape index (κ2) is 7.92. The van der Waals surface area contributed by atoms with Crippen LogP contribution in [-0.2, 0) is 24.4 Å². The van der Waals surface area contributed by atoms with Crippen LogP contribution >= 0.6 is 0 Å². The van der Waals surface area contributed by atoms with Crippen molar-refractivity contribution in [2.75, 3.05) is 32.7 Å². The van der Waals surface area contributed by atoms with Gasteiger partial charge in [-0.2, -0.15) is 4.31 Å². The summed E-state index contributed by atoms with van der Waals surface area (Å²) >= 11 is 0. The fourth-order valence-electron chi connectivity index (χ4n) is 4.23. The standard InChI is InChI=1S/C20H22FN3O5S/c21-16-7-3-4-8-17(16)30(28,29)23-11-9-22(10-12-23)18(25)13-24-19(26)14-5-1-2-6-15(14)20(24)27/h1-4,7-8,14-15H,5-6,9-13H2. The lowest BCUT2D eigenvalue weighted by Gasteiger charge is -2.34. The van der Waals surface area contributed by atoms with Gasteiger partial charge in [0.1, 0.15) is 17.3 Å². The molecule has 2 fully saturated rings. The second-order valence-electron chi connectivity index (χ2n) is 7.63. The minimum Gasteiger partial charge on any atom is -0.338 e. The number of benzene rings is 1. The number of likely N-dealkylation sites (tertiary alicyclic amines) is 1. The minimum atomic E-state index is -4.00. The van der Waals surface area contributed by atoms with Gasteiger partial charge < -0.3 is 4.90 Å². The zero-order valence-corrected chi connectivity index (χ0v) is 17.1. The quantitative estimate of drug-likeness (QED) is 0.510. The molecule has 0 radical (unpaired) electrons. The van der Waals surface area contributed by atoms with Gasteiger partial charge in [0.2, 0.25) is 27.7 Å². The SMILES string of the molecule is O=C(CN1C(=O)C2CC=CCC2C1=O)N1CCN(S(=O)(=O)c2ccccc2F)CC1. The molecule has 0 aromatic heterocycles. The highest BCUT2D eigenvalue weighted by atomic mass is 32.2. The van der Waals surface area contributed by atoms with Crippen LogP contribution in [0.2, 0.25) is 0 Å². The number of carbonyl (C=O) groups is 3. The first-order valence-corrected chi connectivity index (χ1v) is 11.3. The van der Waals surface area contributed by atoms with E-state index in [2.05, 4.69) is 0 Å². The van der Waals surface area contributed by atoms with Crippen molar-refractivity contribution in [2.45, 2.75) is 17.7 Å². The summed E-state index contributed by atoms with van der Waals surface area (Å²) in [5.74, 6) is -2.63. The Morgan fingerprint density at radius 3 is 2.10 bits per heavy atom. The number of piperazine rings is 1. The van der Waals surface area contributed by atoms with Crippen molar-refractivity contribution in [3.63, 3.8) is 0 Å². The predicted octanol–water partition coefficient (Wildman–Crippen LogP) is 0.610. The van der Waals surface area contributed by atoms with Gasteiger partial charge in [-0.3, -0.25) is 19.3 Å². The summed E-state index contributed by atoms with van der Waals surface area (Å²) in [7, 11) is -4.00. The van der Waals surface area contributed by atoms with Crippen molar-refractivity contribution in [3.05, 3.63) is 42.2 Å². The highest BCUT2D eigenvalue weighted by Gasteiger charge is 2.48. The number of hydrogen-bond donors (Lipinski definition) is 0. The summed E-state index contributed by atoms with van der Waals surface area (Å²) in [4.78, 5) is 39.8. The molecule has 1 aromatic rings. The van der Waals surface area contributed by atoms with Crippen molar-refractivity contribution in [2.24, 2.45) is 11.8 Å². The summed E-state index contributed by atoms with van der Waals surface area (Å²) in [6.45, 7) is -0.0853. The van der Waals surface area contributed by atoms with Crippen LogP contribution in [0.3, 0.4) is 0 Å². The van der Waals surface area contributed by atoms with E-state index in [1.165, 1.54) is 23.1 Å². The lowest BCUT2D eigenvalue weighted by Crippen LogP contribution is -2.53. The number of nitrogens with zero attached hydrogens (tertiary/aromatic N) is 3. The molecule has 160 valence electrons. The maximum absolute atomic E-state index is 13.9. The van der Waals surface area contributed by atoms with Crippen LogP contribution in [0.1, 0.15) is 12.8 Å². The Hall–Kier alpha value is -2.59. The van der Waals surface area contributed by atoms with Gasteiger partial charge in [0, 0.05) is 26.2 Å². The van der Waals surface area contributed by atoms with E-state index >= 15 is 0 Å². The topological polar surface area (TPSA) is 95.1 Å². The zero-order chi connectivity index (χ0) is 21.5. The largest absolute Gasteiger partial charge is 0.338 e. The van der Waals surface area contributed by atoms with Crippen molar-refractivity contribution < 1.29 is 27.2 Å². The summed E-state index contributed by atoms with van der Waals surface area (Å²) in [6, 6.07) is 5.16. The molecular weight excluding hydrogens is 413 g/mol. The molecule has 1 aliphatic carbocycles. The molecule has 8 nitrogen and oxygen atoms in total. The summed E-state index contributed by atoms with van der Waals surface area (Å²) in [5.41, 5.74) is 0.